The van der Waals surface area contributed by atoms with Crippen molar-refractivity contribution in [2.24, 2.45) is 5.92 Å². The molecule has 1 aromatic rings. The molecule has 1 unspecified atom stereocenters. The Morgan fingerprint density at radius 1 is 1.14 bits per heavy atom. The lowest BCUT2D eigenvalue weighted by atomic mass is 9.89. The topological polar surface area (TPSA) is 38.7 Å². The zero-order chi connectivity index (χ0) is 15.1. The lowest BCUT2D eigenvalue weighted by Gasteiger charge is -2.27. The maximum atomic E-state index is 10.2. The lowest BCUT2D eigenvalue weighted by molar-refractivity contribution is -0.0294. The summed E-state index contributed by atoms with van der Waals surface area (Å²) >= 11 is 0. The van der Waals surface area contributed by atoms with E-state index in [0.29, 0.717) is 12.7 Å². The Balaban J connectivity index is 1.76. The summed E-state index contributed by atoms with van der Waals surface area (Å²) in [6, 6.07) is 7.66. The van der Waals surface area contributed by atoms with Crippen molar-refractivity contribution in [1.29, 1.82) is 0 Å². The van der Waals surface area contributed by atoms with Crippen molar-refractivity contribution in [3.8, 4) is 5.75 Å². The van der Waals surface area contributed by atoms with Gasteiger partial charge in [0.2, 0.25) is 0 Å². The second-order valence-electron chi connectivity index (χ2n) is 6.15. The molecule has 1 atom stereocenters. The van der Waals surface area contributed by atoms with Crippen LogP contribution in [0.3, 0.4) is 0 Å². The second-order valence-corrected chi connectivity index (χ2v) is 6.15. The standard InChI is InChI=1S/C18H28O3/c1-3-12-20-16-10-6-15(7-11-16)18(19)13-21-17-8-4-14(2)5-9-17/h6-7,10-11,14,17-19H,3-5,8-9,12-13H2,1-2H3. The number of aliphatic hydroxyl groups excluding tert-OH is 1. The Morgan fingerprint density at radius 2 is 1.81 bits per heavy atom. The van der Waals surface area contributed by atoms with Crippen LogP contribution in [-0.2, 0) is 4.74 Å². The van der Waals surface area contributed by atoms with Crippen LogP contribution >= 0.6 is 0 Å². The van der Waals surface area contributed by atoms with Gasteiger partial charge in [-0.2, -0.15) is 0 Å². The highest BCUT2D eigenvalue weighted by molar-refractivity contribution is 5.28. The number of hydrogen-bond acceptors (Lipinski definition) is 3. The molecule has 1 fully saturated rings. The van der Waals surface area contributed by atoms with Gasteiger partial charge in [-0.3, -0.25) is 0 Å². The molecule has 0 saturated heterocycles. The van der Waals surface area contributed by atoms with E-state index in [9.17, 15) is 5.11 Å². The van der Waals surface area contributed by atoms with E-state index in [4.69, 9.17) is 9.47 Å². The molecule has 3 heteroatoms. The van der Waals surface area contributed by atoms with Gasteiger partial charge < -0.3 is 14.6 Å². The Kier molecular flexibility index (Phi) is 6.52. The normalized spacial score (nSPS) is 23.8. The first-order valence-electron chi connectivity index (χ1n) is 8.21. The SMILES string of the molecule is CCCOc1ccc(C(O)COC2CCC(C)CC2)cc1. The van der Waals surface area contributed by atoms with Gasteiger partial charge in [-0.25, -0.2) is 0 Å². The van der Waals surface area contributed by atoms with Crippen LogP contribution in [0.5, 0.6) is 5.75 Å². The molecular weight excluding hydrogens is 264 g/mol. The number of hydrogen-bond donors (Lipinski definition) is 1. The van der Waals surface area contributed by atoms with Crippen LogP contribution in [0.1, 0.15) is 57.6 Å². The summed E-state index contributed by atoms with van der Waals surface area (Å²) in [5.74, 6) is 1.68. The van der Waals surface area contributed by atoms with Gasteiger partial charge in [0.25, 0.3) is 0 Å². The predicted molar refractivity (Wildman–Crippen MR) is 84.6 cm³/mol. The number of ether oxygens (including phenoxy) is 2. The number of rotatable bonds is 7. The molecule has 0 heterocycles. The van der Waals surface area contributed by atoms with Gasteiger partial charge in [0.1, 0.15) is 11.9 Å². The zero-order valence-electron chi connectivity index (χ0n) is 13.3. The van der Waals surface area contributed by atoms with E-state index < -0.39 is 6.10 Å². The van der Waals surface area contributed by atoms with Gasteiger partial charge in [0.15, 0.2) is 0 Å². The van der Waals surface area contributed by atoms with Crippen molar-refractivity contribution in [2.45, 2.75) is 58.2 Å². The molecule has 0 amide bonds. The molecule has 118 valence electrons. The number of benzene rings is 1. The third-order valence-corrected chi connectivity index (χ3v) is 4.19. The van der Waals surface area contributed by atoms with Crippen molar-refractivity contribution in [2.75, 3.05) is 13.2 Å². The Bertz CT molecular complexity index is 393. The van der Waals surface area contributed by atoms with Crippen molar-refractivity contribution in [3.05, 3.63) is 29.8 Å². The van der Waals surface area contributed by atoms with E-state index in [1.807, 2.05) is 24.3 Å². The van der Waals surface area contributed by atoms with Gasteiger partial charge >= 0.3 is 0 Å². The maximum Gasteiger partial charge on any atom is 0.119 e. The third-order valence-electron chi connectivity index (χ3n) is 4.19. The van der Waals surface area contributed by atoms with Crippen LogP contribution in [0, 0.1) is 5.92 Å². The minimum Gasteiger partial charge on any atom is -0.494 e. The average molecular weight is 292 g/mol. The molecule has 1 saturated carbocycles. The van der Waals surface area contributed by atoms with Gasteiger partial charge in [0.05, 0.1) is 19.3 Å². The predicted octanol–water partition coefficient (Wildman–Crippen LogP) is 4.10. The monoisotopic (exact) mass is 292 g/mol. The summed E-state index contributed by atoms with van der Waals surface area (Å²) in [6.07, 6.45) is 5.50. The maximum absolute atomic E-state index is 10.2. The minimum atomic E-state index is -0.551. The molecule has 1 aliphatic carbocycles. The summed E-state index contributed by atoms with van der Waals surface area (Å²) in [4.78, 5) is 0. The summed E-state index contributed by atoms with van der Waals surface area (Å²) in [6.45, 7) is 5.49. The van der Waals surface area contributed by atoms with Gasteiger partial charge in [0, 0.05) is 0 Å². The summed E-state index contributed by atoms with van der Waals surface area (Å²) < 4.78 is 11.4. The van der Waals surface area contributed by atoms with Gasteiger partial charge in [-0.05, 0) is 55.7 Å². The van der Waals surface area contributed by atoms with Crippen molar-refractivity contribution >= 4 is 0 Å². The molecule has 2 rings (SSSR count). The molecule has 0 spiro atoms. The molecule has 21 heavy (non-hydrogen) atoms. The number of aliphatic hydroxyl groups is 1. The van der Waals surface area contributed by atoms with Crippen molar-refractivity contribution in [1.82, 2.24) is 0 Å². The zero-order valence-corrected chi connectivity index (χ0v) is 13.3. The van der Waals surface area contributed by atoms with Crippen LogP contribution in [0.2, 0.25) is 0 Å². The summed E-state index contributed by atoms with van der Waals surface area (Å²) in [5, 5.41) is 10.2. The fourth-order valence-electron chi connectivity index (χ4n) is 2.73. The van der Waals surface area contributed by atoms with Gasteiger partial charge in [-0.1, -0.05) is 26.0 Å². The summed E-state index contributed by atoms with van der Waals surface area (Å²) in [5.41, 5.74) is 0.892. The van der Waals surface area contributed by atoms with E-state index in [1.165, 1.54) is 12.8 Å². The van der Waals surface area contributed by atoms with E-state index in [-0.39, 0.29) is 0 Å². The molecule has 0 aromatic heterocycles. The Labute approximate surface area is 128 Å². The highest BCUT2D eigenvalue weighted by atomic mass is 16.5. The van der Waals surface area contributed by atoms with Crippen LogP contribution in [-0.4, -0.2) is 24.4 Å². The van der Waals surface area contributed by atoms with Crippen molar-refractivity contribution in [3.63, 3.8) is 0 Å². The Hall–Kier alpha value is -1.06. The quantitative estimate of drug-likeness (QED) is 0.822. The van der Waals surface area contributed by atoms with E-state index >= 15 is 0 Å². The van der Waals surface area contributed by atoms with Crippen LogP contribution in [0.4, 0.5) is 0 Å². The molecule has 1 aliphatic rings. The molecule has 0 radical (unpaired) electrons. The van der Waals surface area contributed by atoms with E-state index in [0.717, 1.165) is 43.1 Å². The van der Waals surface area contributed by atoms with E-state index in [2.05, 4.69) is 13.8 Å². The third kappa shape index (κ3) is 5.33. The second kappa shape index (κ2) is 8.40. The molecule has 3 nitrogen and oxygen atoms in total. The minimum absolute atomic E-state index is 0.322. The van der Waals surface area contributed by atoms with E-state index in [1.54, 1.807) is 0 Å². The molecule has 0 bridgehead atoms. The van der Waals surface area contributed by atoms with Crippen LogP contribution in [0.15, 0.2) is 24.3 Å². The van der Waals surface area contributed by atoms with Crippen LogP contribution in [0.25, 0.3) is 0 Å². The summed E-state index contributed by atoms with van der Waals surface area (Å²) in [7, 11) is 0. The first-order valence-corrected chi connectivity index (χ1v) is 8.21. The molecule has 1 N–H and O–H groups in total. The van der Waals surface area contributed by atoms with Crippen LogP contribution < -0.4 is 4.74 Å². The lowest BCUT2D eigenvalue weighted by Crippen LogP contribution is -2.22. The fraction of sp³-hybridized carbons (Fsp3) is 0.667. The first kappa shape index (κ1) is 16.3. The highest BCUT2D eigenvalue weighted by Crippen LogP contribution is 2.26. The van der Waals surface area contributed by atoms with Gasteiger partial charge in [-0.15, -0.1) is 0 Å². The largest absolute Gasteiger partial charge is 0.494 e. The smallest absolute Gasteiger partial charge is 0.119 e. The average Bonchev–Trinajstić information content (AvgIpc) is 2.52. The highest BCUT2D eigenvalue weighted by Gasteiger charge is 2.20. The first-order chi connectivity index (χ1) is 10.2. The molecule has 1 aromatic carbocycles. The van der Waals surface area contributed by atoms with Crippen molar-refractivity contribution < 1.29 is 14.6 Å². The Morgan fingerprint density at radius 3 is 2.43 bits per heavy atom. The fourth-order valence-corrected chi connectivity index (χ4v) is 2.73. The molecular formula is C18H28O3. The molecule has 0 aliphatic heterocycles.